The molecule has 72 valence electrons. The maximum absolute atomic E-state index is 5.10. The van der Waals surface area contributed by atoms with Crippen molar-refractivity contribution in [3.8, 4) is 0 Å². The van der Waals surface area contributed by atoms with Crippen LogP contribution in [-0.2, 0) is 4.84 Å². The third-order valence-electron chi connectivity index (χ3n) is 1.43. The average molecular weight is 198 g/mol. The minimum absolute atomic E-state index is 0.695. The van der Waals surface area contributed by atoms with Gasteiger partial charge in [-0.3, -0.25) is 10.3 Å². The molecule has 0 aliphatic heterocycles. The van der Waals surface area contributed by atoms with Gasteiger partial charge in [0.2, 0.25) is 0 Å². The predicted molar refractivity (Wildman–Crippen MR) is 57.5 cm³/mol. The molecule has 0 heterocycles. The lowest BCUT2D eigenvalue weighted by molar-refractivity contribution is 0.0698. The van der Waals surface area contributed by atoms with E-state index in [9.17, 15) is 0 Å². The molecular weight excluding hydrogens is 184 g/mol. The zero-order valence-electron chi connectivity index (χ0n) is 7.62. The Labute approximate surface area is 82.8 Å². The number of para-hydroxylation sites is 1. The minimum Gasteiger partial charge on any atom is -0.299 e. The number of benzene rings is 1. The van der Waals surface area contributed by atoms with Gasteiger partial charge < -0.3 is 0 Å². The van der Waals surface area contributed by atoms with Crippen LogP contribution in [0.15, 0.2) is 30.3 Å². The monoisotopic (exact) mass is 198 g/mol. The van der Waals surface area contributed by atoms with Crippen LogP contribution in [-0.4, -0.2) is 18.6 Å². The third-order valence-corrected chi connectivity index (χ3v) is 2.01. The molecule has 1 rings (SSSR count). The van der Waals surface area contributed by atoms with Crippen molar-refractivity contribution >= 4 is 17.4 Å². The van der Waals surface area contributed by atoms with Crippen molar-refractivity contribution in [1.29, 1.82) is 0 Å². The zero-order valence-corrected chi connectivity index (χ0v) is 8.43. The Morgan fingerprint density at radius 2 is 2.08 bits per heavy atom. The van der Waals surface area contributed by atoms with Gasteiger partial charge in [0.1, 0.15) is 0 Å². The van der Waals surface area contributed by atoms with Crippen LogP contribution in [0, 0.1) is 0 Å². The number of hydrogen-bond acceptors (Lipinski definition) is 4. The molecule has 0 radical (unpaired) electrons. The van der Waals surface area contributed by atoms with Crippen molar-refractivity contribution in [2.24, 2.45) is 0 Å². The summed E-state index contributed by atoms with van der Waals surface area (Å²) in [5.41, 5.74) is 6.59. The third kappa shape index (κ3) is 4.77. The highest BCUT2D eigenvalue weighted by Gasteiger charge is 1.87. The van der Waals surface area contributed by atoms with Crippen molar-refractivity contribution in [2.45, 2.75) is 0 Å². The van der Waals surface area contributed by atoms with Crippen LogP contribution in [0.2, 0.25) is 0 Å². The number of rotatable bonds is 6. The smallest absolute Gasteiger partial charge is 0.0794 e. The molecule has 1 aromatic carbocycles. The van der Waals surface area contributed by atoms with Gasteiger partial charge in [0, 0.05) is 5.75 Å². The van der Waals surface area contributed by atoms with E-state index < -0.39 is 0 Å². The fourth-order valence-electron chi connectivity index (χ4n) is 0.793. The van der Waals surface area contributed by atoms with E-state index in [4.69, 9.17) is 4.84 Å². The minimum atomic E-state index is 0.695. The first-order valence-corrected chi connectivity index (χ1v) is 5.49. The van der Waals surface area contributed by atoms with Gasteiger partial charge in [-0.2, -0.15) is 11.8 Å². The van der Waals surface area contributed by atoms with Gasteiger partial charge in [0.05, 0.1) is 12.3 Å². The molecule has 0 bridgehead atoms. The molecule has 0 amide bonds. The van der Waals surface area contributed by atoms with E-state index in [0.29, 0.717) is 6.61 Å². The Bertz CT molecular complexity index is 218. The van der Waals surface area contributed by atoms with Gasteiger partial charge in [-0.05, 0) is 18.4 Å². The molecule has 0 unspecified atom stereocenters. The van der Waals surface area contributed by atoms with Crippen LogP contribution in [0.4, 0.5) is 5.69 Å². The Balaban J connectivity index is 2.07. The molecule has 0 fully saturated rings. The van der Waals surface area contributed by atoms with E-state index >= 15 is 0 Å². The van der Waals surface area contributed by atoms with Crippen LogP contribution in [0.3, 0.4) is 0 Å². The fraction of sp³-hybridized carbons (Fsp3) is 0.333. The molecule has 0 aromatic heterocycles. The number of anilines is 1. The number of nitrogens with one attached hydrogen (secondary N) is 2. The van der Waals surface area contributed by atoms with E-state index in [2.05, 4.69) is 11.0 Å². The Morgan fingerprint density at radius 1 is 1.31 bits per heavy atom. The van der Waals surface area contributed by atoms with Crippen molar-refractivity contribution in [3.05, 3.63) is 30.3 Å². The van der Waals surface area contributed by atoms with Crippen LogP contribution >= 0.6 is 11.8 Å². The van der Waals surface area contributed by atoms with E-state index in [1.54, 1.807) is 11.8 Å². The summed E-state index contributed by atoms with van der Waals surface area (Å²) in [5, 5.41) is 0. The summed E-state index contributed by atoms with van der Waals surface area (Å²) < 4.78 is 0. The predicted octanol–water partition coefficient (Wildman–Crippen LogP) is 1.90. The summed E-state index contributed by atoms with van der Waals surface area (Å²) in [6, 6.07) is 9.83. The summed E-state index contributed by atoms with van der Waals surface area (Å²) in [7, 11) is 0. The van der Waals surface area contributed by atoms with Crippen LogP contribution in [0.5, 0.6) is 0 Å². The second kappa shape index (κ2) is 6.77. The molecule has 0 aliphatic rings. The quantitative estimate of drug-likeness (QED) is 0.540. The molecule has 3 nitrogen and oxygen atoms in total. The Morgan fingerprint density at radius 3 is 2.77 bits per heavy atom. The lowest BCUT2D eigenvalue weighted by Gasteiger charge is -2.07. The van der Waals surface area contributed by atoms with Gasteiger partial charge in [-0.1, -0.05) is 18.2 Å². The summed E-state index contributed by atoms with van der Waals surface area (Å²) in [6.07, 6.45) is 2.05. The maximum atomic E-state index is 5.10. The highest BCUT2D eigenvalue weighted by atomic mass is 32.2. The Hall–Kier alpha value is -0.710. The average Bonchev–Trinajstić information content (AvgIpc) is 2.19. The number of hydrogen-bond donors (Lipinski definition) is 2. The molecule has 0 saturated carbocycles. The molecule has 2 N–H and O–H groups in total. The largest absolute Gasteiger partial charge is 0.299 e. The highest BCUT2D eigenvalue weighted by Crippen LogP contribution is 2.02. The van der Waals surface area contributed by atoms with Gasteiger partial charge >= 0.3 is 0 Å². The zero-order chi connectivity index (χ0) is 9.36. The standard InChI is InChI=1S/C9H14N2OS/c1-13-8-7-12-11-10-9-5-3-2-4-6-9/h2-6,10-11H,7-8H2,1H3. The normalized spacial score (nSPS) is 9.92. The van der Waals surface area contributed by atoms with Gasteiger partial charge in [0.15, 0.2) is 0 Å². The number of thioether (sulfide) groups is 1. The van der Waals surface area contributed by atoms with Crippen LogP contribution < -0.4 is 11.0 Å². The molecule has 0 saturated heterocycles. The summed E-state index contributed by atoms with van der Waals surface area (Å²) in [5.74, 6) is 0.990. The van der Waals surface area contributed by atoms with E-state index in [-0.39, 0.29) is 0 Å². The highest BCUT2D eigenvalue weighted by molar-refractivity contribution is 7.98. The van der Waals surface area contributed by atoms with Crippen molar-refractivity contribution in [2.75, 3.05) is 24.0 Å². The first-order valence-electron chi connectivity index (χ1n) is 4.10. The topological polar surface area (TPSA) is 33.3 Å². The molecule has 0 aliphatic carbocycles. The van der Waals surface area contributed by atoms with Gasteiger partial charge in [-0.15, -0.1) is 5.59 Å². The molecule has 1 aromatic rings. The Kier molecular flexibility index (Phi) is 5.40. The summed E-state index contributed by atoms with van der Waals surface area (Å²) in [6.45, 7) is 0.695. The SMILES string of the molecule is CSCCONNc1ccccc1. The van der Waals surface area contributed by atoms with E-state index in [1.165, 1.54) is 0 Å². The summed E-state index contributed by atoms with van der Waals surface area (Å²) >= 11 is 1.76. The molecule has 0 spiro atoms. The van der Waals surface area contributed by atoms with E-state index in [0.717, 1.165) is 11.4 Å². The van der Waals surface area contributed by atoms with Crippen LogP contribution in [0.1, 0.15) is 0 Å². The fourth-order valence-corrected chi connectivity index (χ4v) is 1.04. The lowest BCUT2D eigenvalue weighted by atomic mass is 10.3. The maximum Gasteiger partial charge on any atom is 0.0794 e. The lowest BCUT2D eigenvalue weighted by Crippen LogP contribution is -2.23. The van der Waals surface area contributed by atoms with Crippen molar-refractivity contribution in [1.82, 2.24) is 5.59 Å². The second-order valence-corrected chi connectivity index (χ2v) is 3.42. The molecular formula is C9H14N2OS. The van der Waals surface area contributed by atoms with Crippen molar-refractivity contribution in [3.63, 3.8) is 0 Å². The first kappa shape index (κ1) is 10.4. The van der Waals surface area contributed by atoms with Gasteiger partial charge in [0.25, 0.3) is 0 Å². The summed E-state index contributed by atoms with van der Waals surface area (Å²) in [4.78, 5) is 5.10. The van der Waals surface area contributed by atoms with Crippen molar-refractivity contribution < 1.29 is 4.84 Å². The van der Waals surface area contributed by atoms with E-state index in [1.807, 2.05) is 36.6 Å². The van der Waals surface area contributed by atoms with Gasteiger partial charge in [-0.25, -0.2) is 0 Å². The van der Waals surface area contributed by atoms with Crippen LogP contribution in [0.25, 0.3) is 0 Å². The molecule has 0 atom stereocenters. The molecule has 13 heavy (non-hydrogen) atoms. The number of hydrazine groups is 1. The second-order valence-electron chi connectivity index (χ2n) is 2.43. The first-order chi connectivity index (χ1) is 6.43. The molecule has 4 heteroatoms.